The second-order valence-electron chi connectivity index (χ2n) is 3.38. The van der Waals surface area contributed by atoms with Crippen LogP contribution in [0, 0.1) is 0 Å². The molecule has 90 valence electrons. The number of rotatable bonds is 2. The number of aromatic amines is 1. The topological polar surface area (TPSA) is 80.5 Å². The molecule has 0 amide bonds. The summed E-state index contributed by atoms with van der Waals surface area (Å²) in [6, 6.07) is 3.63. The zero-order chi connectivity index (χ0) is 12.5. The van der Waals surface area contributed by atoms with Gasteiger partial charge in [0, 0.05) is 5.56 Å². The van der Waals surface area contributed by atoms with Crippen molar-refractivity contribution in [3.05, 3.63) is 29.8 Å². The molecule has 0 radical (unpaired) electrons. The Bertz CT molecular complexity index is 494. The SMILES string of the molecule is NC(c1cccc(-c2nn[nH]n2)c1)C(F)(F)F. The van der Waals surface area contributed by atoms with Crippen LogP contribution in [-0.2, 0) is 0 Å². The van der Waals surface area contributed by atoms with E-state index in [4.69, 9.17) is 5.73 Å². The molecule has 17 heavy (non-hydrogen) atoms. The van der Waals surface area contributed by atoms with Crippen molar-refractivity contribution in [2.45, 2.75) is 12.2 Å². The number of hydrogen-bond donors (Lipinski definition) is 2. The van der Waals surface area contributed by atoms with Crippen LogP contribution in [0.4, 0.5) is 13.2 Å². The summed E-state index contributed by atoms with van der Waals surface area (Å²) in [6.45, 7) is 0. The van der Waals surface area contributed by atoms with Crippen LogP contribution in [0.1, 0.15) is 11.6 Å². The molecular formula is C9H8F3N5. The summed E-state index contributed by atoms with van der Waals surface area (Å²) in [5.41, 5.74) is 5.49. The Morgan fingerprint density at radius 2 is 2.06 bits per heavy atom. The van der Waals surface area contributed by atoms with Gasteiger partial charge in [0.05, 0.1) is 0 Å². The number of benzene rings is 1. The summed E-state index contributed by atoms with van der Waals surface area (Å²) in [5.74, 6) is 0.223. The van der Waals surface area contributed by atoms with Crippen molar-refractivity contribution in [1.29, 1.82) is 0 Å². The molecule has 2 aromatic rings. The summed E-state index contributed by atoms with van der Waals surface area (Å²) >= 11 is 0. The number of nitrogens with zero attached hydrogens (tertiary/aromatic N) is 3. The van der Waals surface area contributed by atoms with Gasteiger partial charge in [-0.05, 0) is 16.8 Å². The average molecular weight is 243 g/mol. The van der Waals surface area contributed by atoms with Crippen molar-refractivity contribution in [2.75, 3.05) is 0 Å². The fourth-order valence-electron chi connectivity index (χ4n) is 1.34. The van der Waals surface area contributed by atoms with Gasteiger partial charge in [0.2, 0.25) is 5.82 Å². The van der Waals surface area contributed by atoms with Crippen LogP contribution < -0.4 is 5.73 Å². The molecular weight excluding hydrogens is 235 g/mol. The molecule has 0 saturated heterocycles. The maximum absolute atomic E-state index is 12.4. The summed E-state index contributed by atoms with van der Waals surface area (Å²) in [7, 11) is 0. The lowest BCUT2D eigenvalue weighted by Crippen LogP contribution is -2.28. The van der Waals surface area contributed by atoms with Crippen molar-refractivity contribution < 1.29 is 13.2 Å². The number of hydrogen-bond acceptors (Lipinski definition) is 4. The van der Waals surface area contributed by atoms with Gasteiger partial charge in [-0.15, -0.1) is 10.2 Å². The highest BCUT2D eigenvalue weighted by molar-refractivity contribution is 5.55. The van der Waals surface area contributed by atoms with Gasteiger partial charge in [-0.1, -0.05) is 18.2 Å². The van der Waals surface area contributed by atoms with Crippen molar-refractivity contribution in [3.8, 4) is 11.4 Å². The molecule has 1 aromatic heterocycles. The fourth-order valence-corrected chi connectivity index (χ4v) is 1.34. The van der Waals surface area contributed by atoms with E-state index < -0.39 is 12.2 Å². The van der Waals surface area contributed by atoms with Gasteiger partial charge in [-0.3, -0.25) is 0 Å². The second kappa shape index (κ2) is 4.13. The smallest absolute Gasteiger partial charge is 0.316 e. The Labute approximate surface area is 93.8 Å². The van der Waals surface area contributed by atoms with Gasteiger partial charge in [-0.25, -0.2) is 0 Å². The lowest BCUT2D eigenvalue weighted by molar-refractivity contribution is -0.149. The Morgan fingerprint density at radius 3 is 2.65 bits per heavy atom. The van der Waals surface area contributed by atoms with Gasteiger partial charge in [-0.2, -0.15) is 18.4 Å². The molecule has 3 N–H and O–H groups in total. The summed E-state index contributed by atoms with van der Waals surface area (Å²) in [4.78, 5) is 0. The van der Waals surface area contributed by atoms with Crippen LogP contribution in [0.3, 0.4) is 0 Å². The number of tetrazole rings is 1. The van der Waals surface area contributed by atoms with Gasteiger partial charge in [0.25, 0.3) is 0 Å². The third kappa shape index (κ3) is 2.41. The van der Waals surface area contributed by atoms with E-state index in [1.807, 2.05) is 0 Å². The van der Waals surface area contributed by atoms with E-state index in [1.165, 1.54) is 18.2 Å². The van der Waals surface area contributed by atoms with E-state index in [-0.39, 0.29) is 11.4 Å². The number of halogens is 3. The lowest BCUT2D eigenvalue weighted by atomic mass is 10.0. The summed E-state index contributed by atoms with van der Waals surface area (Å²) in [6.07, 6.45) is -4.48. The minimum atomic E-state index is -4.48. The van der Waals surface area contributed by atoms with Gasteiger partial charge >= 0.3 is 6.18 Å². The molecule has 8 heteroatoms. The first-order valence-corrected chi connectivity index (χ1v) is 4.64. The lowest BCUT2D eigenvalue weighted by Gasteiger charge is -2.16. The van der Waals surface area contributed by atoms with Crippen molar-refractivity contribution >= 4 is 0 Å². The molecule has 0 spiro atoms. The largest absolute Gasteiger partial charge is 0.407 e. The molecule has 0 aliphatic rings. The van der Waals surface area contributed by atoms with E-state index in [1.54, 1.807) is 6.07 Å². The van der Waals surface area contributed by atoms with E-state index in [0.29, 0.717) is 5.56 Å². The van der Waals surface area contributed by atoms with Crippen LogP contribution in [0.15, 0.2) is 24.3 Å². The third-order valence-corrected chi connectivity index (χ3v) is 2.20. The number of H-pyrrole nitrogens is 1. The molecule has 0 bridgehead atoms. The highest BCUT2D eigenvalue weighted by Gasteiger charge is 2.37. The van der Waals surface area contributed by atoms with Crippen LogP contribution in [-0.4, -0.2) is 26.8 Å². The van der Waals surface area contributed by atoms with E-state index in [2.05, 4.69) is 20.6 Å². The molecule has 1 heterocycles. The maximum Gasteiger partial charge on any atom is 0.407 e. The molecule has 0 aliphatic heterocycles. The van der Waals surface area contributed by atoms with E-state index >= 15 is 0 Å². The van der Waals surface area contributed by atoms with Crippen molar-refractivity contribution in [3.63, 3.8) is 0 Å². The molecule has 0 aliphatic carbocycles. The molecule has 2 rings (SSSR count). The number of alkyl halides is 3. The molecule has 5 nitrogen and oxygen atoms in total. The Kier molecular flexibility index (Phi) is 2.80. The highest BCUT2D eigenvalue weighted by atomic mass is 19.4. The van der Waals surface area contributed by atoms with Gasteiger partial charge < -0.3 is 5.73 Å². The quantitative estimate of drug-likeness (QED) is 0.836. The van der Waals surface area contributed by atoms with Crippen molar-refractivity contribution in [2.24, 2.45) is 5.73 Å². The van der Waals surface area contributed by atoms with Crippen LogP contribution >= 0.6 is 0 Å². The van der Waals surface area contributed by atoms with Crippen LogP contribution in [0.5, 0.6) is 0 Å². The van der Waals surface area contributed by atoms with Crippen LogP contribution in [0.2, 0.25) is 0 Å². The predicted octanol–water partition coefficient (Wildman–Crippen LogP) is 1.43. The average Bonchev–Trinajstić information content (AvgIpc) is 2.80. The first kappa shape index (κ1) is 11.5. The first-order valence-electron chi connectivity index (χ1n) is 4.64. The fraction of sp³-hybridized carbons (Fsp3) is 0.222. The number of aromatic nitrogens is 4. The molecule has 1 unspecified atom stereocenters. The molecule has 1 aromatic carbocycles. The minimum Gasteiger partial charge on any atom is -0.316 e. The Hall–Kier alpha value is -1.96. The first-order chi connectivity index (χ1) is 7.98. The zero-order valence-electron chi connectivity index (χ0n) is 8.44. The Balaban J connectivity index is 2.36. The summed E-state index contributed by atoms with van der Waals surface area (Å²) < 4.78 is 37.3. The van der Waals surface area contributed by atoms with E-state index in [9.17, 15) is 13.2 Å². The zero-order valence-corrected chi connectivity index (χ0v) is 8.44. The maximum atomic E-state index is 12.4. The standard InChI is InChI=1S/C9H8F3N5/c10-9(11,12)7(13)5-2-1-3-6(4-5)8-14-16-17-15-8/h1-4,7H,13H2,(H,14,15,16,17). The van der Waals surface area contributed by atoms with Gasteiger partial charge in [0.15, 0.2) is 0 Å². The Morgan fingerprint density at radius 1 is 1.29 bits per heavy atom. The van der Waals surface area contributed by atoms with Crippen LogP contribution in [0.25, 0.3) is 11.4 Å². The van der Waals surface area contributed by atoms with Crippen molar-refractivity contribution in [1.82, 2.24) is 20.6 Å². The highest BCUT2D eigenvalue weighted by Crippen LogP contribution is 2.31. The third-order valence-electron chi connectivity index (χ3n) is 2.20. The van der Waals surface area contributed by atoms with Gasteiger partial charge in [0.1, 0.15) is 6.04 Å². The molecule has 0 saturated carbocycles. The second-order valence-corrected chi connectivity index (χ2v) is 3.38. The monoisotopic (exact) mass is 243 g/mol. The predicted molar refractivity (Wildman–Crippen MR) is 52.6 cm³/mol. The molecule has 1 atom stereocenters. The van der Waals surface area contributed by atoms with E-state index in [0.717, 1.165) is 0 Å². The summed E-state index contributed by atoms with van der Waals surface area (Å²) in [5, 5.41) is 12.9. The normalized spacial score (nSPS) is 13.6. The number of nitrogens with two attached hydrogens (primary N) is 1. The number of nitrogens with one attached hydrogen (secondary N) is 1. The molecule has 0 fully saturated rings. The minimum absolute atomic E-state index is 0.0419.